The van der Waals surface area contributed by atoms with Gasteiger partial charge in [0.25, 0.3) is 0 Å². The number of hydrogen-bond acceptors (Lipinski definition) is 4. The molecule has 0 radical (unpaired) electrons. The Labute approximate surface area is 166 Å². The SMILES string of the molecule is CN1C(=O)Nc2cc(Cc3ccnc(N)n3)ccc2C1C#CC1CC1.FC(F)F. The highest BCUT2D eigenvalue weighted by molar-refractivity contribution is 5.93. The minimum atomic E-state index is -3.67. The normalized spacial score (nSPS) is 17.5. The molecule has 1 aliphatic carbocycles. The summed E-state index contributed by atoms with van der Waals surface area (Å²) >= 11 is 0. The van der Waals surface area contributed by atoms with Gasteiger partial charge in [0, 0.05) is 36.8 Å². The first-order chi connectivity index (χ1) is 13.8. The summed E-state index contributed by atoms with van der Waals surface area (Å²) in [5, 5.41) is 2.94. The van der Waals surface area contributed by atoms with Gasteiger partial charge < -0.3 is 16.0 Å². The summed E-state index contributed by atoms with van der Waals surface area (Å²) in [6.07, 6.45) is 4.62. The van der Waals surface area contributed by atoms with Crippen molar-refractivity contribution in [3.63, 3.8) is 0 Å². The highest BCUT2D eigenvalue weighted by atomic mass is 19.4. The number of carbonyl (C=O) groups excluding carboxylic acids is 1. The molecule has 152 valence electrons. The Balaban J connectivity index is 0.000000552. The second-order valence-electron chi connectivity index (χ2n) is 6.76. The molecule has 9 heteroatoms. The van der Waals surface area contributed by atoms with E-state index in [4.69, 9.17) is 5.73 Å². The van der Waals surface area contributed by atoms with Gasteiger partial charge in [-0.2, -0.15) is 13.2 Å². The lowest BCUT2D eigenvalue weighted by atomic mass is 9.97. The first-order valence-electron chi connectivity index (χ1n) is 9.01. The van der Waals surface area contributed by atoms with E-state index in [1.54, 1.807) is 18.1 Å². The molecule has 0 spiro atoms. The van der Waals surface area contributed by atoms with E-state index in [2.05, 4.69) is 27.1 Å². The van der Waals surface area contributed by atoms with E-state index < -0.39 is 6.68 Å². The van der Waals surface area contributed by atoms with Crippen molar-refractivity contribution in [2.24, 2.45) is 5.92 Å². The van der Waals surface area contributed by atoms with E-state index in [1.165, 1.54) is 12.8 Å². The minimum absolute atomic E-state index is 0.133. The van der Waals surface area contributed by atoms with Crippen molar-refractivity contribution >= 4 is 17.7 Å². The summed E-state index contributed by atoms with van der Waals surface area (Å²) in [5.41, 5.74) is 9.38. The van der Waals surface area contributed by atoms with Crippen LogP contribution in [0.25, 0.3) is 0 Å². The van der Waals surface area contributed by atoms with Crippen LogP contribution >= 0.6 is 0 Å². The topological polar surface area (TPSA) is 84.1 Å². The number of benzene rings is 1. The molecule has 0 bridgehead atoms. The number of nitrogens with zero attached hydrogens (tertiary/aromatic N) is 3. The average Bonchev–Trinajstić information content (AvgIpc) is 3.46. The van der Waals surface area contributed by atoms with Crippen molar-refractivity contribution in [2.75, 3.05) is 18.1 Å². The van der Waals surface area contributed by atoms with Crippen molar-refractivity contribution < 1.29 is 18.0 Å². The van der Waals surface area contributed by atoms with Crippen LogP contribution in [-0.4, -0.2) is 34.6 Å². The third-order valence-corrected chi connectivity index (χ3v) is 4.48. The van der Waals surface area contributed by atoms with Crippen LogP contribution < -0.4 is 11.1 Å². The first-order valence-corrected chi connectivity index (χ1v) is 9.01. The Bertz CT molecular complexity index is 950. The summed E-state index contributed by atoms with van der Waals surface area (Å²) in [5.74, 6) is 7.32. The largest absolute Gasteiger partial charge is 0.379 e. The molecule has 1 saturated carbocycles. The van der Waals surface area contributed by atoms with Crippen molar-refractivity contribution in [1.29, 1.82) is 0 Å². The molecule has 2 aliphatic rings. The molecule has 1 unspecified atom stereocenters. The zero-order valence-corrected chi connectivity index (χ0v) is 15.7. The summed E-state index contributed by atoms with van der Waals surface area (Å²) in [4.78, 5) is 22.0. The summed E-state index contributed by atoms with van der Waals surface area (Å²) in [7, 11) is 1.78. The zero-order valence-electron chi connectivity index (χ0n) is 15.7. The molecule has 0 saturated heterocycles. The molecule has 1 aromatic heterocycles. The third kappa shape index (κ3) is 5.60. The predicted molar refractivity (Wildman–Crippen MR) is 103 cm³/mol. The van der Waals surface area contributed by atoms with E-state index >= 15 is 0 Å². The Morgan fingerprint density at radius 2 is 2.00 bits per heavy atom. The Hall–Kier alpha value is -3.28. The lowest BCUT2D eigenvalue weighted by molar-refractivity contribution is 0.00819. The highest BCUT2D eigenvalue weighted by Gasteiger charge is 2.29. The second-order valence-corrected chi connectivity index (χ2v) is 6.76. The average molecular weight is 403 g/mol. The second kappa shape index (κ2) is 8.82. The number of alkyl halides is 3. The van der Waals surface area contributed by atoms with Crippen LogP contribution in [0, 0.1) is 17.8 Å². The molecular weight excluding hydrogens is 383 g/mol. The standard InChI is InChI=1S/C19H19N5O.CHF3/c1-24-17(7-5-12-2-3-12)15-6-4-13(11-16(15)23-19(24)25)10-14-8-9-21-18(20)22-14;2-1(3)4/h4,6,8-9,11-12,17H,2-3,10H2,1H3,(H,23,25)(H2,20,21,22);1H. The van der Waals surface area contributed by atoms with Gasteiger partial charge in [-0.1, -0.05) is 24.0 Å². The van der Waals surface area contributed by atoms with Gasteiger partial charge in [0.05, 0.1) is 5.69 Å². The fraction of sp³-hybridized carbons (Fsp3) is 0.350. The maximum absolute atomic E-state index is 12.3. The molecule has 29 heavy (non-hydrogen) atoms. The first kappa shape index (κ1) is 20.5. The number of nitrogens with one attached hydrogen (secondary N) is 1. The van der Waals surface area contributed by atoms with Crippen LogP contribution in [-0.2, 0) is 6.42 Å². The number of rotatable bonds is 2. The number of nitrogen functional groups attached to an aromatic ring is 1. The fourth-order valence-electron chi connectivity index (χ4n) is 2.91. The van der Waals surface area contributed by atoms with Crippen molar-refractivity contribution in [3.8, 4) is 11.8 Å². The quantitative estimate of drug-likeness (QED) is 0.748. The number of amides is 2. The van der Waals surface area contributed by atoms with Crippen LogP contribution in [0.3, 0.4) is 0 Å². The van der Waals surface area contributed by atoms with E-state index in [0.717, 1.165) is 22.5 Å². The van der Waals surface area contributed by atoms with Gasteiger partial charge in [-0.15, -0.1) is 0 Å². The van der Waals surface area contributed by atoms with Gasteiger partial charge in [-0.05, 0) is 30.5 Å². The molecule has 1 atom stereocenters. The molecule has 4 rings (SSSR count). The number of anilines is 2. The molecule has 2 amide bonds. The monoisotopic (exact) mass is 403 g/mol. The van der Waals surface area contributed by atoms with Crippen LogP contribution in [0.5, 0.6) is 0 Å². The lowest BCUT2D eigenvalue weighted by Crippen LogP contribution is -2.39. The molecule has 1 aromatic carbocycles. The maximum Gasteiger partial charge on any atom is 0.379 e. The van der Waals surface area contributed by atoms with Gasteiger partial charge in [0.15, 0.2) is 0 Å². The van der Waals surface area contributed by atoms with E-state index in [9.17, 15) is 18.0 Å². The molecular formula is C20H20F3N5O. The van der Waals surface area contributed by atoms with Gasteiger partial charge in [0.1, 0.15) is 6.04 Å². The number of hydrogen-bond donors (Lipinski definition) is 2. The van der Waals surface area contributed by atoms with Gasteiger partial charge in [0.2, 0.25) is 5.95 Å². The van der Waals surface area contributed by atoms with Crippen LogP contribution in [0.1, 0.15) is 35.7 Å². The van der Waals surface area contributed by atoms with Crippen molar-refractivity contribution in [2.45, 2.75) is 32.0 Å². The van der Waals surface area contributed by atoms with Crippen LogP contribution in [0.2, 0.25) is 0 Å². The maximum atomic E-state index is 12.3. The molecule has 3 N–H and O–H groups in total. The fourth-order valence-corrected chi connectivity index (χ4v) is 2.91. The molecule has 1 aliphatic heterocycles. The third-order valence-electron chi connectivity index (χ3n) is 4.48. The van der Waals surface area contributed by atoms with Crippen LogP contribution in [0.4, 0.5) is 29.6 Å². The molecule has 2 heterocycles. The number of nitrogens with two attached hydrogens (primary N) is 1. The Kier molecular flexibility index (Phi) is 6.22. The lowest BCUT2D eigenvalue weighted by Gasteiger charge is -2.32. The van der Waals surface area contributed by atoms with Crippen LogP contribution in [0.15, 0.2) is 30.5 Å². The van der Waals surface area contributed by atoms with E-state index in [0.29, 0.717) is 12.3 Å². The summed E-state index contributed by atoms with van der Waals surface area (Å²) in [6.45, 7) is -3.67. The molecule has 2 aromatic rings. The number of urea groups is 1. The Morgan fingerprint density at radius 1 is 1.28 bits per heavy atom. The van der Waals surface area contributed by atoms with E-state index in [-0.39, 0.29) is 18.0 Å². The number of carbonyl (C=O) groups is 1. The zero-order chi connectivity index (χ0) is 21.0. The smallest absolute Gasteiger partial charge is 0.368 e. The minimum Gasteiger partial charge on any atom is -0.368 e. The summed E-state index contributed by atoms with van der Waals surface area (Å²) < 4.78 is 29.0. The van der Waals surface area contributed by atoms with E-state index in [1.807, 2.05) is 24.3 Å². The number of aromatic nitrogens is 2. The number of halogens is 3. The molecule has 1 fully saturated rings. The van der Waals surface area contributed by atoms with Gasteiger partial charge in [-0.3, -0.25) is 0 Å². The predicted octanol–water partition coefficient (Wildman–Crippen LogP) is 3.76. The summed E-state index contributed by atoms with van der Waals surface area (Å²) in [6, 6.07) is 7.58. The number of fused-ring (bicyclic) bond motifs is 1. The van der Waals surface area contributed by atoms with Crippen molar-refractivity contribution in [3.05, 3.63) is 47.3 Å². The van der Waals surface area contributed by atoms with Gasteiger partial charge in [-0.25, -0.2) is 14.8 Å². The van der Waals surface area contributed by atoms with Gasteiger partial charge >= 0.3 is 12.7 Å². The Morgan fingerprint density at radius 3 is 2.66 bits per heavy atom. The molecule has 6 nitrogen and oxygen atoms in total. The van der Waals surface area contributed by atoms with Crippen molar-refractivity contribution in [1.82, 2.24) is 14.9 Å². The highest BCUT2D eigenvalue weighted by Crippen LogP contribution is 2.34.